The maximum atomic E-state index is 14.9. The largest absolute Gasteiger partial charge is 0.507 e. The van der Waals surface area contributed by atoms with E-state index < -0.39 is 29.3 Å². The van der Waals surface area contributed by atoms with Crippen LogP contribution in [0.1, 0.15) is 28.3 Å². The number of nitrogens with zero attached hydrogens (tertiary/aromatic N) is 1. The molecule has 4 rings (SSSR count). The standard InChI is InChI=1S/C26H22FNO4/c1-15-12-13-17(14-16(15)2)28-23(18-8-4-6-10-20(18)27)22(25(30)26(28)31)24(29)19-9-5-7-11-21(19)32-3/h4-14,23,29H,1-3H3/b24-22+. The molecule has 0 aromatic heterocycles. The first-order valence-corrected chi connectivity index (χ1v) is 10.1. The number of benzene rings is 3. The summed E-state index contributed by atoms with van der Waals surface area (Å²) in [5.41, 5.74) is 2.55. The monoisotopic (exact) mass is 431 g/mol. The van der Waals surface area contributed by atoms with Crippen LogP contribution in [0.2, 0.25) is 0 Å². The smallest absolute Gasteiger partial charge is 0.300 e. The number of ether oxygens (including phenoxy) is 1. The molecule has 1 saturated heterocycles. The molecule has 32 heavy (non-hydrogen) atoms. The molecule has 0 spiro atoms. The number of methoxy groups -OCH3 is 1. The Morgan fingerprint density at radius 2 is 1.66 bits per heavy atom. The molecular formula is C26H22FNO4. The zero-order valence-electron chi connectivity index (χ0n) is 17.9. The fourth-order valence-corrected chi connectivity index (χ4v) is 3.95. The number of aliphatic hydroxyl groups excluding tert-OH is 1. The molecule has 3 aromatic rings. The predicted molar refractivity (Wildman–Crippen MR) is 120 cm³/mol. The summed E-state index contributed by atoms with van der Waals surface area (Å²) in [5.74, 6) is -2.40. The summed E-state index contributed by atoms with van der Waals surface area (Å²) >= 11 is 0. The van der Waals surface area contributed by atoms with Crippen molar-refractivity contribution in [3.8, 4) is 5.75 Å². The van der Waals surface area contributed by atoms with E-state index in [0.717, 1.165) is 11.1 Å². The molecule has 1 aliphatic rings. The quantitative estimate of drug-likeness (QED) is 0.356. The van der Waals surface area contributed by atoms with Crippen LogP contribution in [-0.4, -0.2) is 23.9 Å². The van der Waals surface area contributed by atoms with E-state index in [-0.39, 0.29) is 16.7 Å². The molecule has 0 saturated carbocycles. The SMILES string of the molecule is COc1ccccc1/C(O)=C1\C(=O)C(=O)N(c2ccc(C)c(C)c2)C1c1ccccc1F. The van der Waals surface area contributed by atoms with Gasteiger partial charge in [-0.3, -0.25) is 14.5 Å². The molecule has 0 aliphatic carbocycles. The predicted octanol–water partition coefficient (Wildman–Crippen LogP) is 5.08. The molecule has 1 heterocycles. The normalized spacial score (nSPS) is 17.6. The fourth-order valence-electron chi connectivity index (χ4n) is 3.95. The molecular weight excluding hydrogens is 409 g/mol. The second-order valence-electron chi connectivity index (χ2n) is 7.66. The molecule has 3 aromatic carbocycles. The van der Waals surface area contributed by atoms with E-state index in [0.29, 0.717) is 11.4 Å². The van der Waals surface area contributed by atoms with Crippen LogP contribution in [0.25, 0.3) is 5.76 Å². The lowest BCUT2D eigenvalue weighted by Crippen LogP contribution is -2.30. The third kappa shape index (κ3) is 3.43. The number of ketones is 1. The number of aryl methyl sites for hydroxylation is 2. The summed E-state index contributed by atoms with van der Waals surface area (Å²) in [5, 5.41) is 11.2. The summed E-state index contributed by atoms with van der Waals surface area (Å²) in [6.07, 6.45) is 0. The topological polar surface area (TPSA) is 66.8 Å². The molecule has 1 N–H and O–H groups in total. The number of carbonyl (C=O) groups is 2. The molecule has 1 amide bonds. The van der Waals surface area contributed by atoms with Gasteiger partial charge in [0.05, 0.1) is 24.3 Å². The molecule has 5 nitrogen and oxygen atoms in total. The number of amides is 1. The van der Waals surface area contributed by atoms with Crippen LogP contribution in [0.3, 0.4) is 0 Å². The average molecular weight is 431 g/mol. The van der Waals surface area contributed by atoms with Crippen molar-refractivity contribution in [2.24, 2.45) is 0 Å². The van der Waals surface area contributed by atoms with Crippen LogP contribution < -0.4 is 9.64 Å². The minimum atomic E-state index is -1.14. The summed E-state index contributed by atoms with van der Waals surface area (Å²) in [6, 6.07) is 16.7. The lowest BCUT2D eigenvalue weighted by molar-refractivity contribution is -0.132. The Hall–Kier alpha value is -3.93. The average Bonchev–Trinajstić information content (AvgIpc) is 3.06. The first kappa shape index (κ1) is 21.3. The van der Waals surface area contributed by atoms with Gasteiger partial charge in [0.2, 0.25) is 0 Å². The molecule has 1 atom stereocenters. The minimum absolute atomic E-state index is 0.112. The molecule has 162 valence electrons. The molecule has 1 aliphatic heterocycles. The van der Waals surface area contributed by atoms with Gasteiger partial charge in [0.1, 0.15) is 17.3 Å². The summed E-state index contributed by atoms with van der Waals surface area (Å²) in [6.45, 7) is 3.83. The first-order valence-electron chi connectivity index (χ1n) is 10.1. The van der Waals surface area contributed by atoms with Crippen LogP contribution in [0.5, 0.6) is 5.75 Å². The van der Waals surface area contributed by atoms with Crippen molar-refractivity contribution >= 4 is 23.1 Å². The Morgan fingerprint density at radius 3 is 2.34 bits per heavy atom. The summed E-state index contributed by atoms with van der Waals surface area (Å²) < 4.78 is 20.2. The van der Waals surface area contributed by atoms with Crippen molar-refractivity contribution in [1.29, 1.82) is 0 Å². The van der Waals surface area contributed by atoms with Gasteiger partial charge in [-0.2, -0.15) is 0 Å². The van der Waals surface area contributed by atoms with E-state index in [1.165, 1.54) is 30.2 Å². The maximum Gasteiger partial charge on any atom is 0.300 e. The van der Waals surface area contributed by atoms with Gasteiger partial charge < -0.3 is 9.84 Å². The highest BCUT2D eigenvalue weighted by molar-refractivity contribution is 6.51. The molecule has 0 bridgehead atoms. The van der Waals surface area contributed by atoms with Crippen LogP contribution >= 0.6 is 0 Å². The lowest BCUT2D eigenvalue weighted by Gasteiger charge is -2.26. The minimum Gasteiger partial charge on any atom is -0.507 e. The van der Waals surface area contributed by atoms with Crippen LogP contribution in [0, 0.1) is 19.7 Å². The molecule has 6 heteroatoms. The van der Waals surface area contributed by atoms with Crippen LogP contribution in [0.4, 0.5) is 10.1 Å². The number of carbonyl (C=O) groups excluding carboxylic acids is 2. The number of anilines is 1. The van der Waals surface area contributed by atoms with E-state index in [1.807, 2.05) is 19.9 Å². The van der Waals surface area contributed by atoms with Gasteiger partial charge in [-0.1, -0.05) is 36.4 Å². The zero-order chi connectivity index (χ0) is 23.0. The Morgan fingerprint density at radius 1 is 0.969 bits per heavy atom. The van der Waals surface area contributed by atoms with Gasteiger partial charge in [-0.05, 0) is 55.3 Å². The van der Waals surface area contributed by atoms with Crippen molar-refractivity contribution in [3.05, 3.63) is 100 Å². The zero-order valence-corrected chi connectivity index (χ0v) is 17.9. The molecule has 0 radical (unpaired) electrons. The number of halogens is 1. The van der Waals surface area contributed by atoms with Gasteiger partial charge in [-0.25, -0.2) is 4.39 Å². The highest BCUT2D eigenvalue weighted by Gasteiger charge is 2.48. The van der Waals surface area contributed by atoms with Crippen molar-refractivity contribution in [1.82, 2.24) is 0 Å². The fraction of sp³-hybridized carbons (Fsp3) is 0.154. The number of hydrogen-bond donors (Lipinski definition) is 1. The maximum absolute atomic E-state index is 14.9. The van der Waals surface area contributed by atoms with E-state index in [9.17, 15) is 19.1 Å². The summed E-state index contributed by atoms with van der Waals surface area (Å²) in [7, 11) is 1.44. The Bertz CT molecular complexity index is 1260. The number of para-hydroxylation sites is 1. The first-order chi connectivity index (χ1) is 15.3. The van der Waals surface area contributed by atoms with Gasteiger partial charge in [-0.15, -0.1) is 0 Å². The molecule has 1 unspecified atom stereocenters. The van der Waals surface area contributed by atoms with Crippen molar-refractivity contribution in [2.75, 3.05) is 12.0 Å². The number of Topliss-reactive ketones (excluding diaryl/α,β-unsaturated/α-hetero) is 1. The van der Waals surface area contributed by atoms with Gasteiger partial charge in [0, 0.05) is 11.3 Å². The Balaban J connectivity index is 2.01. The van der Waals surface area contributed by atoms with Crippen LogP contribution in [0.15, 0.2) is 72.3 Å². The van der Waals surface area contributed by atoms with Crippen molar-refractivity contribution in [2.45, 2.75) is 19.9 Å². The van der Waals surface area contributed by atoms with Crippen molar-refractivity contribution in [3.63, 3.8) is 0 Å². The highest BCUT2D eigenvalue weighted by Crippen LogP contribution is 2.44. The Labute approximate surface area is 185 Å². The van der Waals surface area contributed by atoms with Gasteiger partial charge in [0.15, 0.2) is 0 Å². The van der Waals surface area contributed by atoms with E-state index in [1.54, 1.807) is 42.5 Å². The van der Waals surface area contributed by atoms with E-state index >= 15 is 0 Å². The third-order valence-electron chi connectivity index (χ3n) is 5.77. The van der Waals surface area contributed by atoms with Crippen molar-refractivity contribution < 1.29 is 23.8 Å². The van der Waals surface area contributed by atoms with E-state index in [2.05, 4.69) is 0 Å². The third-order valence-corrected chi connectivity index (χ3v) is 5.77. The number of rotatable bonds is 4. The number of aliphatic hydroxyl groups is 1. The molecule has 1 fully saturated rings. The Kier molecular flexibility index (Phi) is 5.53. The highest BCUT2D eigenvalue weighted by atomic mass is 19.1. The summed E-state index contributed by atoms with van der Waals surface area (Å²) in [4.78, 5) is 27.6. The van der Waals surface area contributed by atoms with Gasteiger partial charge >= 0.3 is 0 Å². The van der Waals surface area contributed by atoms with Crippen LogP contribution in [-0.2, 0) is 9.59 Å². The second kappa shape index (κ2) is 8.30. The van der Waals surface area contributed by atoms with E-state index in [4.69, 9.17) is 4.74 Å². The second-order valence-corrected chi connectivity index (χ2v) is 7.66. The lowest BCUT2D eigenvalue weighted by atomic mass is 9.94. The van der Waals surface area contributed by atoms with Gasteiger partial charge in [0.25, 0.3) is 11.7 Å². The number of hydrogen-bond acceptors (Lipinski definition) is 4.